The van der Waals surface area contributed by atoms with Crippen LogP contribution in [0.5, 0.6) is 0 Å². The molecule has 2 saturated carbocycles. The van der Waals surface area contributed by atoms with Crippen molar-refractivity contribution in [2.45, 2.75) is 128 Å². The zero-order valence-electron chi connectivity index (χ0n) is 24.7. The van der Waals surface area contributed by atoms with Crippen LogP contribution in [0, 0.1) is 5.41 Å². The van der Waals surface area contributed by atoms with Crippen molar-refractivity contribution < 1.29 is 32.7 Å². The van der Waals surface area contributed by atoms with Gasteiger partial charge in [0.2, 0.25) is 17.6 Å². The van der Waals surface area contributed by atoms with Gasteiger partial charge in [-0.1, -0.05) is 64.5 Å². The number of ketones is 1. The molecular formula is C28H46N5O7S-. The smallest absolute Gasteiger partial charge is 0.315 e. The first kappa shape index (κ1) is 33.0. The Morgan fingerprint density at radius 3 is 2.22 bits per heavy atom. The fourth-order valence-electron chi connectivity index (χ4n) is 5.75. The predicted octanol–water partition coefficient (Wildman–Crippen LogP) is 1.41. The molecule has 0 radical (unpaired) electrons. The van der Waals surface area contributed by atoms with Crippen molar-refractivity contribution >= 4 is 40.6 Å². The molecule has 4 atom stereocenters. The molecule has 1 saturated heterocycles. The van der Waals surface area contributed by atoms with E-state index in [1.165, 1.54) is 4.90 Å². The Morgan fingerprint density at radius 2 is 1.66 bits per heavy atom. The number of amides is 5. The van der Waals surface area contributed by atoms with E-state index in [0.29, 0.717) is 45.1 Å². The fourth-order valence-corrected chi connectivity index (χ4v) is 6.57. The van der Waals surface area contributed by atoms with Crippen LogP contribution in [0.4, 0.5) is 4.79 Å². The molecule has 2 unspecified atom stereocenters. The fraction of sp³-hybridized carbons (Fsp3) is 0.821. The van der Waals surface area contributed by atoms with Crippen molar-refractivity contribution in [1.29, 1.82) is 0 Å². The number of nitrogens with zero attached hydrogens (tertiary/aromatic N) is 1. The quantitative estimate of drug-likeness (QED) is 0.194. The number of carbonyl (C=O) groups is 5. The van der Waals surface area contributed by atoms with Gasteiger partial charge in [-0.15, -0.1) is 0 Å². The lowest BCUT2D eigenvalue weighted by Crippen LogP contribution is -2.63. The van der Waals surface area contributed by atoms with Gasteiger partial charge in [0.05, 0.1) is 11.6 Å². The summed E-state index contributed by atoms with van der Waals surface area (Å²) in [5.74, 6) is -2.52. The molecule has 232 valence electrons. The van der Waals surface area contributed by atoms with Gasteiger partial charge in [-0.25, -0.2) is 4.79 Å². The van der Waals surface area contributed by atoms with E-state index in [2.05, 4.69) is 21.3 Å². The monoisotopic (exact) mass is 596 g/mol. The maximum atomic E-state index is 13.8. The number of urea groups is 1. The first-order valence-corrected chi connectivity index (χ1v) is 16.1. The molecule has 4 N–H and O–H groups in total. The van der Waals surface area contributed by atoms with Gasteiger partial charge in [0, 0.05) is 18.3 Å². The molecule has 3 aliphatic rings. The van der Waals surface area contributed by atoms with Crippen molar-refractivity contribution in [2.24, 2.45) is 5.41 Å². The maximum absolute atomic E-state index is 13.8. The van der Waals surface area contributed by atoms with Crippen LogP contribution >= 0.6 is 0 Å². The molecule has 2 aliphatic carbocycles. The predicted molar refractivity (Wildman–Crippen MR) is 152 cm³/mol. The molecule has 0 aromatic carbocycles. The van der Waals surface area contributed by atoms with E-state index in [1.807, 2.05) is 6.92 Å². The van der Waals surface area contributed by atoms with Crippen LogP contribution in [-0.4, -0.2) is 85.2 Å². The highest BCUT2D eigenvalue weighted by Gasteiger charge is 2.44. The third kappa shape index (κ3) is 9.22. The van der Waals surface area contributed by atoms with Crippen LogP contribution in [0.2, 0.25) is 0 Å². The van der Waals surface area contributed by atoms with E-state index < -0.39 is 69.7 Å². The second kappa shape index (κ2) is 14.1. The Kier molecular flexibility index (Phi) is 11.3. The van der Waals surface area contributed by atoms with Crippen molar-refractivity contribution in [2.75, 3.05) is 12.3 Å². The van der Waals surface area contributed by atoms with Crippen molar-refractivity contribution in [3.05, 3.63) is 0 Å². The molecule has 41 heavy (non-hydrogen) atoms. The summed E-state index contributed by atoms with van der Waals surface area (Å²) in [7, 11) is 0. The van der Waals surface area contributed by atoms with E-state index in [9.17, 15) is 32.7 Å². The Hall–Kier alpha value is -2.54. The van der Waals surface area contributed by atoms with Gasteiger partial charge < -0.3 is 30.7 Å². The van der Waals surface area contributed by atoms with Gasteiger partial charge in [0.15, 0.2) is 0 Å². The lowest BCUT2D eigenvalue weighted by molar-refractivity contribution is -0.143. The highest BCUT2D eigenvalue weighted by molar-refractivity contribution is 7.79. The summed E-state index contributed by atoms with van der Waals surface area (Å²) in [4.78, 5) is 67.0. The van der Waals surface area contributed by atoms with Crippen LogP contribution in [-0.2, 0) is 30.3 Å². The number of hydrogen-bond donors (Lipinski definition) is 4. The molecule has 3 rings (SSSR count). The van der Waals surface area contributed by atoms with Crippen LogP contribution in [0.25, 0.3) is 0 Å². The molecular weight excluding hydrogens is 550 g/mol. The van der Waals surface area contributed by atoms with Gasteiger partial charge in [0.1, 0.15) is 12.1 Å². The van der Waals surface area contributed by atoms with Gasteiger partial charge in [-0.2, -0.15) is 0 Å². The summed E-state index contributed by atoms with van der Waals surface area (Å²) in [5.41, 5.74) is -1.61. The number of Topliss-reactive ketones (excluding diaryl/α,β-unsaturated/α-hetero) is 1. The van der Waals surface area contributed by atoms with Gasteiger partial charge in [-0.3, -0.25) is 23.4 Å². The summed E-state index contributed by atoms with van der Waals surface area (Å²) in [6.07, 6.45) is 7.14. The van der Waals surface area contributed by atoms with Gasteiger partial charge in [0.25, 0.3) is 5.91 Å². The summed E-state index contributed by atoms with van der Waals surface area (Å²) in [5, 5.41) is 11.0. The topological polar surface area (TPSA) is 177 Å². The molecule has 3 fully saturated rings. The second-order valence-electron chi connectivity index (χ2n) is 12.8. The molecule has 12 nitrogen and oxygen atoms in total. The molecule has 1 heterocycles. The molecule has 1 aliphatic heterocycles. The largest absolute Gasteiger partial charge is 0.772 e. The van der Waals surface area contributed by atoms with Crippen molar-refractivity contribution in [3.63, 3.8) is 0 Å². The summed E-state index contributed by atoms with van der Waals surface area (Å²) < 4.78 is 23.1. The number of likely N-dealkylation sites (tertiary alicyclic amines) is 1. The average Bonchev–Trinajstić information content (AvgIpc) is 3.56. The van der Waals surface area contributed by atoms with Crippen LogP contribution < -0.4 is 21.3 Å². The van der Waals surface area contributed by atoms with E-state index in [4.69, 9.17) is 0 Å². The summed E-state index contributed by atoms with van der Waals surface area (Å²) in [6.45, 7) is 7.57. The molecule has 0 aromatic heterocycles. The molecule has 0 bridgehead atoms. The van der Waals surface area contributed by atoms with Crippen LogP contribution in [0.3, 0.4) is 0 Å². The molecule has 5 amide bonds. The van der Waals surface area contributed by atoms with Crippen LogP contribution in [0.1, 0.15) is 98.3 Å². The number of nitrogens with one attached hydrogen (secondary N) is 4. The van der Waals surface area contributed by atoms with Gasteiger partial charge >= 0.3 is 6.03 Å². The zero-order valence-corrected chi connectivity index (χ0v) is 25.5. The van der Waals surface area contributed by atoms with Gasteiger partial charge in [-0.05, 0) is 50.4 Å². The highest BCUT2D eigenvalue weighted by Crippen LogP contribution is 2.30. The standard InChI is InChI=1S/C28H47N5O7S/c1-5-10-19(21(34)24(36)29-18-12-13-18)30-23(35)20-11-9-16-33(20)25(37)22(27(2,3)4)31-26(38)32-28(17-41(39)40)14-7-6-8-15-28/h18-20,22H,5-17H2,1-4H3,(H,29,36)(H,30,35)(H,39,40)(H2,31,32,38)/p-1/t19?,20-,22+/m0/s1. The third-order valence-corrected chi connectivity index (χ3v) is 8.95. The lowest BCUT2D eigenvalue weighted by atomic mass is 9.83. The lowest BCUT2D eigenvalue weighted by Gasteiger charge is -2.40. The average molecular weight is 597 g/mol. The molecule has 0 spiro atoms. The molecule has 13 heteroatoms. The second-order valence-corrected chi connectivity index (χ2v) is 13.7. The van der Waals surface area contributed by atoms with Crippen molar-refractivity contribution in [3.8, 4) is 0 Å². The minimum Gasteiger partial charge on any atom is -0.772 e. The first-order valence-electron chi connectivity index (χ1n) is 14.9. The SMILES string of the molecule is CCCC(NC(=O)[C@@H]1CCCN1C(=O)[C@@H](NC(=O)NC1(CS(=O)[O-])CCCCC1)C(C)(C)C)C(=O)C(=O)NC1CC1. The van der Waals surface area contributed by atoms with E-state index in [-0.39, 0.29) is 11.8 Å². The van der Waals surface area contributed by atoms with E-state index in [0.717, 1.165) is 32.1 Å². The zero-order chi connectivity index (χ0) is 30.4. The van der Waals surface area contributed by atoms with Crippen LogP contribution in [0.15, 0.2) is 0 Å². The Labute approximate surface area is 245 Å². The minimum absolute atomic E-state index is 0.0156. The highest BCUT2D eigenvalue weighted by atomic mass is 32.2. The van der Waals surface area contributed by atoms with Crippen molar-refractivity contribution in [1.82, 2.24) is 26.2 Å². The number of carbonyl (C=O) groups excluding carboxylic acids is 5. The van der Waals surface area contributed by atoms with E-state index >= 15 is 0 Å². The third-order valence-electron chi connectivity index (χ3n) is 8.16. The summed E-state index contributed by atoms with van der Waals surface area (Å²) in [6, 6.07) is -3.43. The Morgan fingerprint density at radius 1 is 1.00 bits per heavy atom. The maximum Gasteiger partial charge on any atom is 0.315 e. The minimum atomic E-state index is -2.34. The van der Waals surface area contributed by atoms with E-state index in [1.54, 1.807) is 20.8 Å². The Balaban J connectivity index is 1.70. The normalized spacial score (nSPS) is 22.7. The summed E-state index contributed by atoms with van der Waals surface area (Å²) >= 11 is -2.34. The number of hydrogen-bond acceptors (Lipinski definition) is 7. The first-order chi connectivity index (χ1) is 19.3. The molecule has 0 aromatic rings. The number of rotatable bonds is 12. The Bertz CT molecular complexity index is 1020.